The lowest BCUT2D eigenvalue weighted by molar-refractivity contribution is 0.554. The van der Waals surface area contributed by atoms with Crippen LogP contribution in [0.1, 0.15) is 190 Å². The lowest BCUT2D eigenvalue weighted by Crippen LogP contribution is -2.12. The first-order valence-corrected chi connectivity index (χ1v) is 34.0. The predicted molar refractivity (Wildman–Crippen MR) is 414 cm³/mol. The van der Waals surface area contributed by atoms with Gasteiger partial charge in [-0.05, 0) is 156 Å². The number of H-pyrrole nitrogens is 2. The Morgan fingerprint density at radius 2 is 0.753 bits per heavy atom. The molecule has 14 aromatic rings. The first-order valence-electron chi connectivity index (χ1n) is 34.0. The van der Waals surface area contributed by atoms with Crippen LogP contribution >= 0.6 is 0 Å². The molecule has 0 bridgehead atoms. The van der Waals surface area contributed by atoms with Crippen LogP contribution in [0.3, 0.4) is 0 Å². The predicted octanol–water partition coefficient (Wildman–Crippen LogP) is 23.1. The number of rotatable bonds is 0. The zero-order valence-corrected chi connectivity index (χ0v) is 61.9. The van der Waals surface area contributed by atoms with Gasteiger partial charge in [-0.2, -0.15) is 15.4 Å². The van der Waals surface area contributed by atoms with Gasteiger partial charge in [0.2, 0.25) is 0 Å². The van der Waals surface area contributed by atoms with Crippen LogP contribution in [0, 0.1) is 6.92 Å². The number of aromatic amines is 2. The first-order chi connectivity index (χ1) is 45.4. The first kappa shape index (κ1) is 73.3. The third kappa shape index (κ3) is 20.3. The summed E-state index contributed by atoms with van der Waals surface area (Å²) in [5.74, 6) is 1.05. The molecule has 0 atom stereocenters. The molecule has 0 aliphatic carbocycles. The molecule has 0 amide bonds. The van der Waals surface area contributed by atoms with E-state index < -0.39 is 0 Å². The number of nitrogens with one attached hydrogen (secondary N) is 2. The fourth-order valence-corrected chi connectivity index (χ4v) is 10.8. The Kier molecular flexibility index (Phi) is 22.9. The van der Waals surface area contributed by atoms with Gasteiger partial charge in [-0.25, -0.2) is 4.98 Å². The van der Waals surface area contributed by atoms with E-state index in [0.717, 1.165) is 61.2 Å². The van der Waals surface area contributed by atoms with Crippen LogP contribution in [0.4, 0.5) is 0 Å². The number of fused-ring (bicyclic) bond motifs is 7. The Labute approximate surface area is 577 Å². The van der Waals surface area contributed by atoms with Crippen molar-refractivity contribution in [3.05, 3.63) is 264 Å². The number of aryl methyl sites for hydroxylation is 1. The van der Waals surface area contributed by atoms with Crippen molar-refractivity contribution < 1.29 is 0 Å². The highest BCUT2D eigenvalue weighted by atomic mass is 15.3. The maximum atomic E-state index is 4.64. The summed E-state index contributed by atoms with van der Waals surface area (Å²) in [6.07, 6.45) is 7.26. The molecule has 8 aromatic carbocycles. The average Bonchev–Trinajstić information content (AvgIpc) is 0.930. The summed E-state index contributed by atoms with van der Waals surface area (Å²) < 4.78 is 0. The molecule has 0 fully saturated rings. The van der Waals surface area contributed by atoms with Gasteiger partial charge in [-0.3, -0.25) is 24.9 Å². The number of aromatic nitrogens is 10. The molecule has 0 aliphatic heterocycles. The highest BCUT2D eigenvalue weighted by Gasteiger charge is 2.21. The molecule has 14 rings (SSSR count). The molecule has 502 valence electrons. The molecule has 0 aliphatic rings. The van der Waals surface area contributed by atoms with Gasteiger partial charge < -0.3 is 4.98 Å². The number of benzene rings is 8. The van der Waals surface area contributed by atoms with Crippen molar-refractivity contribution in [2.24, 2.45) is 0 Å². The van der Waals surface area contributed by atoms with Crippen molar-refractivity contribution in [2.45, 2.75) is 190 Å². The van der Waals surface area contributed by atoms with Gasteiger partial charge in [0.05, 0.1) is 38.6 Å². The lowest BCUT2D eigenvalue weighted by Gasteiger charge is -2.21. The standard InChI is InChI=1S/C14H17N.C14H16.2C13H15N.C12H14N2.C11H14N2.C10H13N3/c1-10-8-9-11-6-5-7-12(13(11)15-10)14(2,3)4;1-14(2,3)13-10-6-8-11-7-4-5-9-12(11)13;1-13(2,3)11-6-7-12-10(9-11)5-4-8-14-12;1-13(2,3)11-8-10-6-4-5-7-12(10)14-9-11;1-12(2,3)9-4-5-10-11(8-9)14-7-6-13-10;1-11(2,3)10-12-8-6-4-5-7-9(8)13-10;1-10(2,3)7-4-5-8-9(6-7)12-13-11-8/h5-9H,1-4H3;4-10H,1-3H3;2*4-9H,1-3H3;4-8H,1-3H3;4-7H,1-3H3,(H,12,13);4-6H,1-3H3,(H,11,12,13). The summed E-state index contributed by atoms with van der Waals surface area (Å²) in [5.41, 5.74) is 19.5. The minimum Gasteiger partial charge on any atom is -0.342 e. The number of hydrogen-bond donors (Lipinski definition) is 2. The highest BCUT2D eigenvalue weighted by Crippen LogP contribution is 2.33. The molecular weight excluding hydrogens is 1190 g/mol. The van der Waals surface area contributed by atoms with Crippen molar-refractivity contribution in [3.8, 4) is 0 Å². The van der Waals surface area contributed by atoms with Gasteiger partial charge in [-0.15, -0.1) is 0 Å². The summed E-state index contributed by atoms with van der Waals surface area (Å²) in [5, 5.41) is 17.1. The Hall–Kier alpha value is -9.54. The maximum Gasteiger partial charge on any atom is 0.113 e. The summed E-state index contributed by atoms with van der Waals surface area (Å²) >= 11 is 0. The van der Waals surface area contributed by atoms with E-state index in [0.29, 0.717) is 0 Å². The Morgan fingerprint density at radius 3 is 1.36 bits per heavy atom. The molecule has 10 nitrogen and oxygen atoms in total. The second kappa shape index (κ2) is 30.3. The monoisotopic (exact) mass is 1290 g/mol. The molecule has 0 spiro atoms. The van der Waals surface area contributed by atoms with Crippen LogP contribution in [-0.4, -0.2) is 50.3 Å². The van der Waals surface area contributed by atoms with Gasteiger partial charge in [-0.1, -0.05) is 267 Å². The molecule has 97 heavy (non-hydrogen) atoms. The number of nitrogens with zero attached hydrogens (tertiary/aromatic N) is 8. The minimum atomic E-state index is 0.0962. The molecule has 0 saturated carbocycles. The van der Waals surface area contributed by atoms with E-state index >= 15 is 0 Å². The Bertz CT molecular complexity index is 4610. The molecule has 6 heterocycles. The van der Waals surface area contributed by atoms with Gasteiger partial charge in [0.15, 0.2) is 0 Å². The van der Waals surface area contributed by atoms with E-state index in [2.05, 4.69) is 341 Å². The van der Waals surface area contributed by atoms with Crippen molar-refractivity contribution in [2.75, 3.05) is 0 Å². The summed E-state index contributed by atoms with van der Waals surface area (Å²) in [7, 11) is 0. The van der Waals surface area contributed by atoms with E-state index in [1.54, 1.807) is 12.4 Å². The summed E-state index contributed by atoms with van der Waals surface area (Å²) in [6, 6.07) is 67.3. The second-order valence-corrected chi connectivity index (χ2v) is 32.3. The molecule has 2 N–H and O–H groups in total. The fraction of sp³-hybridized carbons (Fsp3) is 0.333. The quantitative estimate of drug-likeness (QED) is 0.153. The van der Waals surface area contributed by atoms with E-state index in [-0.39, 0.29) is 37.9 Å². The number of pyridine rings is 3. The van der Waals surface area contributed by atoms with E-state index in [9.17, 15) is 0 Å². The lowest BCUT2D eigenvalue weighted by atomic mass is 9.84. The zero-order chi connectivity index (χ0) is 70.7. The fourth-order valence-electron chi connectivity index (χ4n) is 10.8. The molecule has 10 heteroatoms. The van der Waals surface area contributed by atoms with E-state index in [1.807, 2.05) is 67.8 Å². The van der Waals surface area contributed by atoms with Crippen LogP contribution in [-0.2, 0) is 37.9 Å². The average molecular weight is 1290 g/mol. The highest BCUT2D eigenvalue weighted by molar-refractivity contribution is 5.87. The number of imidazole rings is 1. The van der Waals surface area contributed by atoms with E-state index in [4.69, 9.17) is 0 Å². The van der Waals surface area contributed by atoms with Gasteiger partial charge in [0.1, 0.15) is 16.9 Å². The largest absolute Gasteiger partial charge is 0.342 e. The van der Waals surface area contributed by atoms with E-state index in [1.165, 1.54) is 60.3 Å². The molecule has 6 aromatic heterocycles. The zero-order valence-electron chi connectivity index (χ0n) is 61.9. The van der Waals surface area contributed by atoms with Crippen molar-refractivity contribution in [1.29, 1.82) is 0 Å². The summed E-state index contributed by atoms with van der Waals surface area (Å²) in [4.78, 5) is 29.8. The topological polar surface area (TPSA) is 135 Å². The van der Waals surface area contributed by atoms with Gasteiger partial charge in [0.25, 0.3) is 0 Å². The third-order valence-corrected chi connectivity index (χ3v) is 16.8. The molecular formula is C87H104N10. The Balaban J connectivity index is 0.000000145. The van der Waals surface area contributed by atoms with Crippen LogP contribution in [0.2, 0.25) is 0 Å². The van der Waals surface area contributed by atoms with Crippen LogP contribution in [0.5, 0.6) is 0 Å². The maximum absolute atomic E-state index is 4.64. The van der Waals surface area contributed by atoms with Crippen molar-refractivity contribution >= 4 is 76.6 Å². The van der Waals surface area contributed by atoms with Gasteiger partial charge >= 0.3 is 0 Å². The molecule has 0 saturated heterocycles. The smallest absolute Gasteiger partial charge is 0.113 e. The third-order valence-electron chi connectivity index (χ3n) is 16.8. The number of hydrogen-bond acceptors (Lipinski definition) is 8. The number of para-hydroxylation sites is 4. The summed E-state index contributed by atoms with van der Waals surface area (Å²) in [6.45, 7) is 48.4. The van der Waals surface area contributed by atoms with Crippen LogP contribution < -0.4 is 0 Å². The van der Waals surface area contributed by atoms with Crippen LogP contribution in [0.15, 0.2) is 219 Å². The second-order valence-electron chi connectivity index (χ2n) is 32.3. The molecule has 0 radical (unpaired) electrons. The molecule has 0 unspecified atom stereocenters. The van der Waals surface area contributed by atoms with Crippen molar-refractivity contribution in [3.63, 3.8) is 0 Å². The van der Waals surface area contributed by atoms with Crippen molar-refractivity contribution in [1.82, 2.24) is 50.3 Å². The SMILES string of the molecule is CC(C)(C)c1ccc2n[nH]nc2c1.CC(C)(C)c1ccc2ncccc2c1.CC(C)(C)c1ccc2nccnc2c1.CC(C)(C)c1cccc2ccccc12.CC(C)(C)c1cnc2ccccc2c1.CC(C)(C)c1nc2ccccc2[nH]1.Cc1ccc2cccc(C(C)(C)C)c2n1. The normalized spacial score (nSPS) is 12.0. The van der Waals surface area contributed by atoms with Crippen LogP contribution in [0.25, 0.3) is 76.6 Å². The van der Waals surface area contributed by atoms with Gasteiger partial charge in [0, 0.05) is 52.1 Å². The Morgan fingerprint density at radius 1 is 0.289 bits per heavy atom. The minimum absolute atomic E-state index is 0.0962.